The number of hydrogen-bond acceptors (Lipinski definition) is 5. The molecule has 4 rings (SSSR count). The number of rotatable bonds is 3. The SMILES string of the molecule is CC/N=c1\oc(-c2cc(Cl)nn2-c2ncccc2Cl)nc2c(C)cc(Cl)cc12. The van der Waals surface area contributed by atoms with Gasteiger partial charge in [-0.05, 0) is 43.7 Å². The normalized spacial score (nSPS) is 12.1. The summed E-state index contributed by atoms with van der Waals surface area (Å²) in [5.74, 6) is 0.719. The molecule has 0 saturated carbocycles. The highest BCUT2D eigenvalue weighted by atomic mass is 35.5. The second-order valence-electron chi connectivity index (χ2n) is 5.99. The van der Waals surface area contributed by atoms with Gasteiger partial charge in [0.05, 0.1) is 15.9 Å². The van der Waals surface area contributed by atoms with Crippen LogP contribution in [0.3, 0.4) is 0 Å². The van der Waals surface area contributed by atoms with Crippen LogP contribution >= 0.6 is 34.8 Å². The van der Waals surface area contributed by atoms with Crippen LogP contribution in [0.15, 0.2) is 45.9 Å². The number of pyridine rings is 1. The maximum atomic E-state index is 6.30. The van der Waals surface area contributed by atoms with Gasteiger partial charge in [0.15, 0.2) is 11.0 Å². The fourth-order valence-corrected chi connectivity index (χ4v) is 3.54. The van der Waals surface area contributed by atoms with Crippen molar-refractivity contribution in [1.82, 2.24) is 19.7 Å². The van der Waals surface area contributed by atoms with Crippen LogP contribution in [0.4, 0.5) is 0 Å². The molecule has 0 atom stereocenters. The molecule has 0 radical (unpaired) electrons. The molecule has 0 amide bonds. The molecular weight excluding hydrogens is 421 g/mol. The van der Waals surface area contributed by atoms with Crippen molar-refractivity contribution in [2.75, 3.05) is 6.54 Å². The van der Waals surface area contributed by atoms with E-state index >= 15 is 0 Å². The van der Waals surface area contributed by atoms with E-state index in [1.165, 1.54) is 4.68 Å². The highest BCUT2D eigenvalue weighted by Gasteiger charge is 2.19. The quantitative estimate of drug-likeness (QED) is 0.441. The third-order valence-corrected chi connectivity index (χ3v) is 4.74. The van der Waals surface area contributed by atoms with Crippen LogP contribution in [0.25, 0.3) is 28.3 Å². The molecular formula is C19H14Cl3N5O. The average Bonchev–Trinajstić information content (AvgIpc) is 3.04. The van der Waals surface area contributed by atoms with E-state index in [2.05, 4.69) is 20.1 Å². The molecule has 0 aliphatic heterocycles. The molecule has 142 valence electrons. The van der Waals surface area contributed by atoms with E-state index in [9.17, 15) is 0 Å². The van der Waals surface area contributed by atoms with Crippen LogP contribution < -0.4 is 5.55 Å². The Morgan fingerprint density at radius 1 is 1.18 bits per heavy atom. The van der Waals surface area contributed by atoms with Gasteiger partial charge in [-0.2, -0.15) is 5.10 Å². The van der Waals surface area contributed by atoms with E-state index < -0.39 is 0 Å². The van der Waals surface area contributed by atoms with E-state index in [1.54, 1.807) is 30.5 Å². The van der Waals surface area contributed by atoms with E-state index in [-0.39, 0.29) is 5.15 Å². The number of benzene rings is 1. The largest absolute Gasteiger partial charge is 0.418 e. The second-order valence-corrected chi connectivity index (χ2v) is 7.22. The number of fused-ring (bicyclic) bond motifs is 1. The van der Waals surface area contributed by atoms with Crippen molar-refractivity contribution in [3.05, 3.63) is 62.8 Å². The third kappa shape index (κ3) is 3.39. The molecule has 0 saturated heterocycles. The van der Waals surface area contributed by atoms with Gasteiger partial charge >= 0.3 is 0 Å². The Kier molecular flexibility index (Phi) is 5.10. The maximum Gasteiger partial charge on any atom is 0.248 e. The van der Waals surface area contributed by atoms with Gasteiger partial charge < -0.3 is 4.42 Å². The molecule has 0 aliphatic rings. The van der Waals surface area contributed by atoms with Crippen LogP contribution in [0.5, 0.6) is 0 Å². The maximum absolute atomic E-state index is 6.30. The first-order valence-electron chi connectivity index (χ1n) is 8.46. The third-order valence-electron chi connectivity index (χ3n) is 4.04. The van der Waals surface area contributed by atoms with Gasteiger partial charge in [-0.3, -0.25) is 4.99 Å². The summed E-state index contributed by atoms with van der Waals surface area (Å²) >= 11 is 18.7. The summed E-state index contributed by atoms with van der Waals surface area (Å²) in [5.41, 5.74) is 2.58. The molecule has 28 heavy (non-hydrogen) atoms. The zero-order valence-corrected chi connectivity index (χ0v) is 17.2. The first kappa shape index (κ1) is 18.9. The Hall–Kier alpha value is -2.41. The fraction of sp³-hybridized carbons (Fsp3) is 0.158. The number of nitrogens with zero attached hydrogens (tertiary/aromatic N) is 5. The van der Waals surface area contributed by atoms with Gasteiger partial charge in [-0.25, -0.2) is 14.6 Å². The van der Waals surface area contributed by atoms with Gasteiger partial charge in [0, 0.05) is 23.8 Å². The number of halogens is 3. The molecule has 0 bridgehead atoms. The van der Waals surface area contributed by atoms with Crippen molar-refractivity contribution in [2.24, 2.45) is 4.99 Å². The zero-order chi connectivity index (χ0) is 19.8. The lowest BCUT2D eigenvalue weighted by molar-refractivity contribution is 0.494. The predicted octanol–water partition coefficient (Wildman–Crippen LogP) is 5.26. The van der Waals surface area contributed by atoms with Gasteiger partial charge in [-0.1, -0.05) is 34.8 Å². The molecule has 0 N–H and O–H groups in total. The Balaban J connectivity index is 2.04. The van der Waals surface area contributed by atoms with E-state index in [0.717, 1.165) is 16.5 Å². The molecule has 9 heteroatoms. The van der Waals surface area contributed by atoms with Crippen LogP contribution in [0, 0.1) is 6.92 Å². The van der Waals surface area contributed by atoms with Crippen LogP contribution in [-0.2, 0) is 0 Å². The molecule has 0 fully saturated rings. The molecule has 4 aromatic rings. The van der Waals surface area contributed by atoms with Crippen LogP contribution in [-0.4, -0.2) is 26.3 Å². The van der Waals surface area contributed by atoms with E-state index in [4.69, 9.17) is 39.2 Å². The smallest absolute Gasteiger partial charge is 0.248 e. The molecule has 6 nitrogen and oxygen atoms in total. The minimum absolute atomic E-state index is 0.260. The standard InChI is InChI=1S/C19H14Cl3N5O/c1-3-23-18-12-8-11(20)7-10(2)16(12)25-19(28-18)14-9-15(22)26-27(14)17-13(21)5-4-6-24-17/h4-9H,3H2,1-2H3/b23-18-. The van der Waals surface area contributed by atoms with Crippen LogP contribution in [0.2, 0.25) is 15.2 Å². The monoisotopic (exact) mass is 433 g/mol. The summed E-state index contributed by atoms with van der Waals surface area (Å²) in [7, 11) is 0. The van der Waals surface area contributed by atoms with Crippen molar-refractivity contribution in [1.29, 1.82) is 0 Å². The van der Waals surface area contributed by atoms with E-state index in [1.807, 2.05) is 19.9 Å². The minimum Gasteiger partial charge on any atom is -0.418 e. The summed E-state index contributed by atoms with van der Waals surface area (Å²) < 4.78 is 7.52. The van der Waals surface area contributed by atoms with Gasteiger partial charge in [-0.15, -0.1) is 0 Å². The van der Waals surface area contributed by atoms with Crippen molar-refractivity contribution in [3.63, 3.8) is 0 Å². The highest BCUT2D eigenvalue weighted by Crippen LogP contribution is 2.28. The molecule has 0 aliphatic carbocycles. The Morgan fingerprint density at radius 3 is 2.75 bits per heavy atom. The summed E-state index contributed by atoms with van der Waals surface area (Å²) in [5, 5.41) is 6.31. The van der Waals surface area contributed by atoms with E-state index in [0.29, 0.717) is 39.5 Å². The number of hydrogen-bond donors (Lipinski definition) is 0. The first-order chi connectivity index (χ1) is 13.5. The predicted molar refractivity (Wildman–Crippen MR) is 110 cm³/mol. The van der Waals surface area contributed by atoms with Crippen molar-refractivity contribution in [2.45, 2.75) is 13.8 Å². The van der Waals surface area contributed by atoms with Crippen molar-refractivity contribution < 1.29 is 4.42 Å². The van der Waals surface area contributed by atoms with Crippen LogP contribution in [0.1, 0.15) is 12.5 Å². The fourth-order valence-electron chi connectivity index (χ4n) is 2.89. The zero-order valence-electron chi connectivity index (χ0n) is 14.9. The Labute approximate surface area is 175 Å². The lowest BCUT2D eigenvalue weighted by atomic mass is 10.1. The highest BCUT2D eigenvalue weighted by molar-refractivity contribution is 6.32. The van der Waals surface area contributed by atoms with Crippen molar-refractivity contribution >= 4 is 45.7 Å². The Morgan fingerprint density at radius 2 is 2.00 bits per heavy atom. The molecule has 0 unspecified atom stereocenters. The molecule has 3 heterocycles. The lowest BCUT2D eigenvalue weighted by Gasteiger charge is -2.09. The lowest BCUT2D eigenvalue weighted by Crippen LogP contribution is -2.10. The second kappa shape index (κ2) is 7.54. The molecule has 0 spiro atoms. The molecule has 3 aromatic heterocycles. The number of aromatic nitrogens is 4. The number of aryl methyl sites for hydroxylation is 1. The topological polar surface area (TPSA) is 69.1 Å². The van der Waals surface area contributed by atoms with Gasteiger partial charge in [0.25, 0.3) is 0 Å². The van der Waals surface area contributed by atoms with Gasteiger partial charge in [0.1, 0.15) is 5.69 Å². The summed E-state index contributed by atoms with van der Waals surface area (Å²) in [4.78, 5) is 13.4. The summed E-state index contributed by atoms with van der Waals surface area (Å²) in [6.45, 7) is 4.40. The first-order valence-corrected chi connectivity index (χ1v) is 9.59. The average molecular weight is 435 g/mol. The van der Waals surface area contributed by atoms with Gasteiger partial charge in [0.2, 0.25) is 11.4 Å². The Bertz CT molecular complexity index is 1260. The molecule has 1 aromatic carbocycles. The van der Waals surface area contributed by atoms with Crippen molar-refractivity contribution in [3.8, 4) is 17.4 Å². The minimum atomic E-state index is 0.260. The summed E-state index contributed by atoms with van der Waals surface area (Å²) in [6.07, 6.45) is 1.62. The summed E-state index contributed by atoms with van der Waals surface area (Å²) in [6, 6.07) is 8.73.